The Morgan fingerprint density at radius 1 is 0.900 bits per heavy atom. The number of benzene rings is 1. The normalized spacial score (nSPS) is 39.1. The number of ether oxygens (including phenoxy) is 7. The number of Topliss-reactive ketones (excluding diaryl/α,β-unsaturated/α-hetero) is 1. The van der Waals surface area contributed by atoms with Crippen LogP contribution in [0.15, 0.2) is 35.4 Å². The summed E-state index contributed by atoms with van der Waals surface area (Å²) in [4.78, 5) is 30.5. The van der Waals surface area contributed by atoms with Gasteiger partial charge in [-0.3, -0.25) is 9.59 Å². The van der Waals surface area contributed by atoms with Crippen LogP contribution in [0.2, 0.25) is 0 Å². The van der Waals surface area contributed by atoms with Gasteiger partial charge in [-0.1, -0.05) is 52.0 Å². The average molecular weight is 1010 g/mol. The van der Waals surface area contributed by atoms with Crippen LogP contribution < -0.4 is 0 Å². The maximum atomic E-state index is 14.7. The number of esters is 1. The van der Waals surface area contributed by atoms with Crippen LogP contribution in [-0.2, 0) is 59.0 Å². The molecule has 3 N–H and O–H groups in total. The highest BCUT2D eigenvalue weighted by Gasteiger charge is 2.57. The van der Waals surface area contributed by atoms with Gasteiger partial charge in [0.05, 0.1) is 65.8 Å². The third-order valence-electron chi connectivity index (χ3n) is 15.8. The fraction of sp³-hybridized carbons (Fsp3) is 0.800. The van der Waals surface area contributed by atoms with Gasteiger partial charge in [-0.25, -0.2) is 17.5 Å². The molecule has 4 heterocycles. The van der Waals surface area contributed by atoms with E-state index in [-0.39, 0.29) is 35.7 Å². The number of halogens is 1. The molecule has 6 rings (SSSR count). The molecule has 0 radical (unpaired) electrons. The van der Waals surface area contributed by atoms with E-state index in [1.807, 2.05) is 39.6 Å². The zero-order valence-corrected chi connectivity index (χ0v) is 43.7. The highest BCUT2D eigenvalue weighted by Crippen LogP contribution is 2.44. The molecule has 3 aliphatic heterocycles. The molecule has 5 unspecified atom stereocenters. The summed E-state index contributed by atoms with van der Waals surface area (Å²) in [6, 6.07) is 4.77. The molecule has 1 saturated carbocycles. The Balaban J connectivity index is 1.23. The zero-order valence-electron chi connectivity index (χ0n) is 42.9. The largest absolute Gasteiger partial charge is 0.462 e. The molecule has 1 spiro atoms. The summed E-state index contributed by atoms with van der Waals surface area (Å²) in [5, 5.41) is 43.1. The second kappa shape index (κ2) is 23.5. The van der Waals surface area contributed by atoms with Gasteiger partial charge in [-0.2, -0.15) is 0 Å². The molecule has 1 aromatic heterocycles. The first-order chi connectivity index (χ1) is 32.9. The molecular formula is C50H79FN4O14S. The molecule has 1 aliphatic carbocycles. The third-order valence-corrected chi connectivity index (χ3v) is 16.9. The molecule has 4 fully saturated rings. The number of hydrogen-bond donors (Lipinski definition) is 3. The predicted molar refractivity (Wildman–Crippen MR) is 254 cm³/mol. The third kappa shape index (κ3) is 12.7. The number of methoxy groups -OCH3 is 2. The molecule has 3 saturated heterocycles. The monoisotopic (exact) mass is 1010 g/mol. The first-order valence-electron chi connectivity index (χ1n) is 24.9. The summed E-state index contributed by atoms with van der Waals surface area (Å²) in [7, 11) is 1.46. The van der Waals surface area contributed by atoms with Crippen molar-refractivity contribution in [1.82, 2.24) is 19.9 Å². The van der Waals surface area contributed by atoms with Crippen LogP contribution >= 0.6 is 0 Å². The Labute approximate surface area is 413 Å². The number of aliphatic hydroxyl groups is 3. The van der Waals surface area contributed by atoms with Crippen LogP contribution in [0.5, 0.6) is 0 Å². The van der Waals surface area contributed by atoms with Crippen molar-refractivity contribution in [3.8, 4) is 0 Å². The Hall–Kier alpha value is -3.02. The summed E-state index contributed by atoms with van der Waals surface area (Å²) in [5.41, 5.74) is -0.0176. The Bertz CT molecular complexity index is 2150. The number of aliphatic hydroxyl groups excluding tert-OH is 3. The topological polar surface area (TPSA) is 231 Å². The predicted octanol–water partition coefficient (Wildman–Crippen LogP) is 4.08. The molecule has 4 aliphatic rings. The molecule has 0 bridgehead atoms. The minimum atomic E-state index is -3.43. The number of alkyl halides is 1. The van der Waals surface area contributed by atoms with E-state index in [0.29, 0.717) is 43.5 Å². The van der Waals surface area contributed by atoms with Crippen LogP contribution in [-0.4, -0.2) is 176 Å². The molecule has 18 nitrogen and oxygen atoms in total. The lowest BCUT2D eigenvalue weighted by Crippen LogP contribution is -2.57. The number of nitrogens with zero attached hydrogens (tertiary/aromatic N) is 4. The lowest BCUT2D eigenvalue weighted by Gasteiger charge is -2.46. The number of carbonyl (C=O) groups is 2. The van der Waals surface area contributed by atoms with Crippen LogP contribution in [0, 0.1) is 35.5 Å². The Morgan fingerprint density at radius 2 is 1.57 bits per heavy atom. The molecule has 20 atom stereocenters. The smallest absolute Gasteiger partial charge is 0.311 e. The number of epoxide rings is 1. The minimum absolute atomic E-state index is 0.138. The molecule has 70 heavy (non-hydrogen) atoms. The van der Waals surface area contributed by atoms with Crippen molar-refractivity contribution in [3.63, 3.8) is 0 Å². The van der Waals surface area contributed by atoms with Gasteiger partial charge in [0.15, 0.2) is 27.5 Å². The van der Waals surface area contributed by atoms with E-state index >= 15 is 0 Å². The fourth-order valence-corrected chi connectivity index (χ4v) is 11.7. The second-order valence-electron chi connectivity index (χ2n) is 21.0. The summed E-state index contributed by atoms with van der Waals surface area (Å²) in [5.74, 6) is -4.15. The number of rotatable bonds is 15. The van der Waals surface area contributed by atoms with Gasteiger partial charge in [0, 0.05) is 69.9 Å². The average Bonchev–Trinajstić information content (AvgIpc) is 3.96. The standard InChI is InChI=1S/C50H79FN4O14S/c1-26-19-36(21-40(63-10)41(26)56)68-45-31(6)44(27(2)22-50(25-65-50)47(59)30(5)42(57)29(4)33(8)67-48(60)32(45)7)69-49-43(58)38(20-28(3)66-49)54(9)18-17-35-24-55(53-52-35)39(23-51)46(64-11)34-13-15-37(16-14-34)70(12,61)62/h13-16,24,26-33,36,38-46,49,56-58H,17-23,25H2,1-12H3/t26-,27+,28?,29+,30?,31-,32-,33-,36-,38?,39-,40-,41+,42?,43-,44+,45+,46?,49+,50-/m1/s1. The zero-order chi connectivity index (χ0) is 51.6. The van der Waals surface area contributed by atoms with Gasteiger partial charge in [0.1, 0.15) is 31.0 Å². The quantitative estimate of drug-likeness (QED) is 0.169. The SMILES string of the molecule is COC(c1ccc(S(C)(=O)=O)cc1)[C@@H](CF)n1cc(CCN(C)C2CC(C)O[C@@H](O[C@@H]3[C@@H](C)[C@H](O[C@@H]4C[C@@H](C)[C@H](O)[C@H](OC)C4)[C@@H](C)C(=O)O[C@H](C)[C@H](C)C(O)C(C)C(=O)[C@]4(CO4)C[C@@H]3C)[C@@H]2O)nn1. The van der Waals surface area contributed by atoms with Crippen molar-refractivity contribution in [3.05, 3.63) is 41.7 Å². The number of hydrogen-bond acceptors (Lipinski definition) is 17. The van der Waals surface area contributed by atoms with Crippen molar-refractivity contribution in [2.24, 2.45) is 35.5 Å². The fourth-order valence-electron chi connectivity index (χ4n) is 11.1. The van der Waals surface area contributed by atoms with E-state index in [0.717, 1.165) is 6.26 Å². The number of ketones is 1. The molecular weight excluding hydrogens is 932 g/mol. The van der Waals surface area contributed by atoms with Gasteiger partial charge in [-0.15, -0.1) is 5.10 Å². The van der Waals surface area contributed by atoms with Crippen molar-refractivity contribution in [2.45, 2.75) is 177 Å². The number of cyclic esters (lactones) is 1. The van der Waals surface area contributed by atoms with Crippen molar-refractivity contribution >= 4 is 21.6 Å². The molecule has 1 aromatic carbocycles. The highest BCUT2D eigenvalue weighted by atomic mass is 32.2. The van der Waals surface area contributed by atoms with Gasteiger partial charge in [-0.05, 0) is 76.6 Å². The van der Waals surface area contributed by atoms with Crippen LogP contribution in [0.4, 0.5) is 4.39 Å². The van der Waals surface area contributed by atoms with Gasteiger partial charge in [0.25, 0.3) is 0 Å². The second-order valence-corrected chi connectivity index (χ2v) is 23.1. The van der Waals surface area contributed by atoms with Crippen LogP contribution in [0.1, 0.15) is 104 Å². The molecule has 2 aromatic rings. The molecule has 20 heteroatoms. The number of carbonyl (C=O) groups excluding carboxylic acids is 2. The number of sulfone groups is 1. The number of aromatic nitrogens is 3. The lowest BCUT2D eigenvalue weighted by molar-refractivity contribution is -0.286. The Morgan fingerprint density at radius 3 is 2.17 bits per heavy atom. The van der Waals surface area contributed by atoms with E-state index < -0.39 is 131 Å². The minimum Gasteiger partial charge on any atom is -0.462 e. The summed E-state index contributed by atoms with van der Waals surface area (Å²) in [6.07, 6.45) is -3.72. The molecule has 0 amide bonds. The summed E-state index contributed by atoms with van der Waals surface area (Å²) >= 11 is 0. The summed E-state index contributed by atoms with van der Waals surface area (Å²) in [6.45, 7) is 14.4. The first-order valence-corrected chi connectivity index (χ1v) is 26.8. The number of likely N-dealkylation sites (N-methyl/N-ethyl adjacent to an activating group) is 1. The van der Waals surface area contributed by atoms with E-state index in [9.17, 15) is 37.7 Å². The maximum absolute atomic E-state index is 14.7. The Kier molecular flexibility index (Phi) is 18.9. The lowest BCUT2D eigenvalue weighted by atomic mass is 9.76. The van der Waals surface area contributed by atoms with Crippen LogP contribution in [0.3, 0.4) is 0 Å². The van der Waals surface area contributed by atoms with Gasteiger partial charge >= 0.3 is 5.97 Å². The summed E-state index contributed by atoms with van der Waals surface area (Å²) < 4.78 is 83.9. The van der Waals surface area contributed by atoms with E-state index in [1.54, 1.807) is 53.1 Å². The van der Waals surface area contributed by atoms with Crippen molar-refractivity contribution in [2.75, 3.05) is 47.3 Å². The molecule has 396 valence electrons. The van der Waals surface area contributed by atoms with E-state index in [2.05, 4.69) is 10.3 Å². The maximum Gasteiger partial charge on any atom is 0.311 e. The first kappa shape index (κ1) is 56.3. The van der Waals surface area contributed by atoms with Crippen molar-refractivity contribution in [1.29, 1.82) is 0 Å². The van der Waals surface area contributed by atoms with Gasteiger partial charge < -0.3 is 53.4 Å². The van der Waals surface area contributed by atoms with Gasteiger partial charge in [0.2, 0.25) is 0 Å². The van der Waals surface area contributed by atoms with Crippen molar-refractivity contribution < 1.29 is 70.9 Å². The van der Waals surface area contributed by atoms with E-state index in [4.69, 9.17) is 33.2 Å². The van der Waals surface area contributed by atoms with Crippen LogP contribution in [0.25, 0.3) is 0 Å². The highest BCUT2D eigenvalue weighted by molar-refractivity contribution is 7.90. The van der Waals surface area contributed by atoms with E-state index in [1.165, 1.54) is 23.9 Å².